The fourth-order valence-electron chi connectivity index (χ4n) is 3.18. The third kappa shape index (κ3) is 4.79. The zero-order chi connectivity index (χ0) is 18.6. The monoisotopic (exact) mass is 358 g/mol. The van der Waals surface area contributed by atoms with Crippen LogP contribution in [0.15, 0.2) is 42.5 Å². The third-order valence-corrected chi connectivity index (χ3v) is 4.49. The number of rotatable bonds is 5. The largest absolute Gasteiger partial charge is 0.490 e. The van der Waals surface area contributed by atoms with E-state index in [-0.39, 0.29) is 31.3 Å². The Hall–Kier alpha value is -2.47. The number of aliphatic hydroxyl groups is 1. The molecule has 2 heterocycles. The van der Waals surface area contributed by atoms with Crippen LogP contribution >= 0.6 is 0 Å². The highest BCUT2D eigenvalue weighted by molar-refractivity contribution is 5.78. The quantitative estimate of drug-likeness (QED) is 0.892. The second-order valence-electron chi connectivity index (χ2n) is 6.84. The van der Waals surface area contributed by atoms with E-state index in [0.717, 1.165) is 11.4 Å². The lowest BCUT2D eigenvalue weighted by atomic mass is 9.93. The van der Waals surface area contributed by atoms with Gasteiger partial charge in [0.1, 0.15) is 23.8 Å². The lowest BCUT2D eigenvalue weighted by Crippen LogP contribution is -2.53. The van der Waals surface area contributed by atoms with Crippen molar-refractivity contribution in [3.63, 3.8) is 0 Å². The van der Waals surface area contributed by atoms with E-state index in [4.69, 9.17) is 4.74 Å². The molecule has 1 atom stereocenters. The van der Waals surface area contributed by atoms with E-state index in [1.54, 1.807) is 17.0 Å². The van der Waals surface area contributed by atoms with Crippen molar-refractivity contribution < 1.29 is 19.0 Å². The van der Waals surface area contributed by atoms with Gasteiger partial charge in [-0.1, -0.05) is 12.1 Å². The fraction of sp³-hybridized carbons (Fsp3) is 0.400. The summed E-state index contributed by atoms with van der Waals surface area (Å²) in [5.41, 5.74) is 0.453. The van der Waals surface area contributed by atoms with E-state index in [0.29, 0.717) is 25.1 Å². The molecule has 6 heteroatoms. The number of piperidine rings is 1. The number of hydrogen-bond acceptors (Lipinski definition) is 4. The van der Waals surface area contributed by atoms with E-state index in [2.05, 4.69) is 4.98 Å². The molecule has 1 N–H and O–H groups in total. The Kier molecular flexibility index (Phi) is 5.52. The van der Waals surface area contributed by atoms with Gasteiger partial charge in [-0.2, -0.15) is 0 Å². The van der Waals surface area contributed by atoms with Crippen molar-refractivity contribution in [2.24, 2.45) is 0 Å². The number of nitrogens with zero attached hydrogens (tertiary/aromatic N) is 2. The summed E-state index contributed by atoms with van der Waals surface area (Å²) >= 11 is 0. The average molecular weight is 358 g/mol. The summed E-state index contributed by atoms with van der Waals surface area (Å²) in [7, 11) is 0. The number of ether oxygens (including phenoxy) is 1. The molecule has 0 radical (unpaired) electrons. The Bertz CT molecular complexity index is 783. The summed E-state index contributed by atoms with van der Waals surface area (Å²) in [6, 6.07) is 11.4. The zero-order valence-corrected chi connectivity index (χ0v) is 14.8. The molecule has 0 aliphatic carbocycles. The molecule has 0 spiro atoms. The number of hydrogen-bond donors (Lipinski definition) is 1. The standard InChI is InChI=1S/C20H23FN2O3/c1-15-5-2-7-17(22-15)12-19(24)23-10-4-9-20(25,13-23)14-26-18-8-3-6-16(21)11-18/h2-3,5-8,11,25H,4,9-10,12-14H2,1H3/t20-/m1/s1. The molecule has 0 bridgehead atoms. The Morgan fingerprint density at radius 2 is 2.15 bits per heavy atom. The molecule has 3 rings (SSSR count). The Morgan fingerprint density at radius 3 is 2.92 bits per heavy atom. The van der Waals surface area contributed by atoms with Gasteiger partial charge in [0.05, 0.1) is 13.0 Å². The summed E-state index contributed by atoms with van der Waals surface area (Å²) in [6.07, 6.45) is 1.44. The van der Waals surface area contributed by atoms with Crippen molar-refractivity contribution in [3.05, 3.63) is 59.7 Å². The first-order valence-corrected chi connectivity index (χ1v) is 8.75. The molecule has 0 unspecified atom stereocenters. The van der Waals surface area contributed by atoms with Crippen molar-refractivity contribution in [2.75, 3.05) is 19.7 Å². The van der Waals surface area contributed by atoms with E-state index >= 15 is 0 Å². The highest BCUT2D eigenvalue weighted by Crippen LogP contribution is 2.24. The van der Waals surface area contributed by atoms with Crippen LogP contribution in [-0.4, -0.2) is 46.2 Å². The number of amides is 1. The molecule has 1 saturated heterocycles. The molecule has 138 valence electrons. The summed E-state index contributed by atoms with van der Waals surface area (Å²) in [5, 5.41) is 10.8. The molecule has 26 heavy (non-hydrogen) atoms. The van der Waals surface area contributed by atoms with Crippen LogP contribution < -0.4 is 4.74 Å². The van der Waals surface area contributed by atoms with Crippen LogP contribution in [0.4, 0.5) is 4.39 Å². The molecule has 5 nitrogen and oxygen atoms in total. The van der Waals surface area contributed by atoms with E-state index in [1.807, 2.05) is 25.1 Å². The van der Waals surface area contributed by atoms with Gasteiger partial charge < -0.3 is 14.7 Å². The normalized spacial score (nSPS) is 20.0. The average Bonchev–Trinajstić information content (AvgIpc) is 2.60. The number of β-amino-alcohol motifs (C(OH)–C–C–N with tert-alkyl or cyclic N) is 1. The van der Waals surface area contributed by atoms with Crippen LogP contribution in [0, 0.1) is 12.7 Å². The van der Waals surface area contributed by atoms with Crippen LogP contribution in [0.3, 0.4) is 0 Å². The molecular formula is C20H23FN2O3. The van der Waals surface area contributed by atoms with Crippen LogP contribution in [-0.2, 0) is 11.2 Å². The number of aromatic nitrogens is 1. The lowest BCUT2D eigenvalue weighted by molar-refractivity contribution is -0.139. The second-order valence-corrected chi connectivity index (χ2v) is 6.84. The summed E-state index contributed by atoms with van der Waals surface area (Å²) in [5.74, 6) is -0.0848. The highest BCUT2D eigenvalue weighted by Gasteiger charge is 2.36. The first-order chi connectivity index (χ1) is 12.4. The number of carbonyl (C=O) groups is 1. The minimum atomic E-state index is -1.14. The molecule has 1 amide bonds. The van der Waals surface area contributed by atoms with Gasteiger partial charge in [0.2, 0.25) is 5.91 Å². The van der Waals surface area contributed by atoms with Crippen molar-refractivity contribution >= 4 is 5.91 Å². The Morgan fingerprint density at radius 1 is 1.35 bits per heavy atom. The number of likely N-dealkylation sites (tertiary alicyclic amines) is 1. The maximum Gasteiger partial charge on any atom is 0.228 e. The Labute approximate surface area is 152 Å². The first kappa shape index (κ1) is 18.3. The minimum Gasteiger partial charge on any atom is -0.490 e. The predicted octanol–water partition coefficient (Wildman–Crippen LogP) is 2.50. The van der Waals surface area contributed by atoms with E-state index < -0.39 is 5.60 Å². The van der Waals surface area contributed by atoms with Gasteiger partial charge in [-0.3, -0.25) is 9.78 Å². The molecule has 1 fully saturated rings. The Balaban J connectivity index is 1.59. The van der Waals surface area contributed by atoms with Crippen LogP contribution in [0.5, 0.6) is 5.75 Å². The summed E-state index contributed by atoms with van der Waals surface area (Å²) in [6.45, 7) is 2.71. The van der Waals surface area contributed by atoms with Gasteiger partial charge in [-0.25, -0.2) is 4.39 Å². The maximum atomic E-state index is 13.2. The summed E-state index contributed by atoms with van der Waals surface area (Å²) < 4.78 is 18.8. The topological polar surface area (TPSA) is 62.7 Å². The van der Waals surface area contributed by atoms with Gasteiger partial charge in [-0.05, 0) is 44.0 Å². The van der Waals surface area contributed by atoms with Crippen molar-refractivity contribution in [3.8, 4) is 5.75 Å². The molecule has 1 aromatic heterocycles. The van der Waals surface area contributed by atoms with Crippen LogP contribution in [0.25, 0.3) is 0 Å². The highest BCUT2D eigenvalue weighted by atomic mass is 19.1. The van der Waals surface area contributed by atoms with Gasteiger partial charge in [-0.15, -0.1) is 0 Å². The van der Waals surface area contributed by atoms with Crippen molar-refractivity contribution in [1.29, 1.82) is 0 Å². The molecule has 0 saturated carbocycles. The third-order valence-electron chi connectivity index (χ3n) is 4.49. The molecule has 1 aliphatic heterocycles. The van der Waals surface area contributed by atoms with Gasteiger partial charge in [0.15, 0.2) is 0 Å². The maximum absolute atomic E-state index is 13.2. The number of halogens is 1. The second kappa shape index (κ2) is 7.83. The minimum absolute atomic E-state index is 0.0168. The van der Waals surface area contributed by atoms with Gasteiger partial charge in [0.25, 0.3) is 0 Å². The van der Waals surface area contributed by atoms with Gasteiger partial charge in [0, 0.05) is 24.0 Å². The van der Waals surface area contributed by atoms with E-state index in [1.165, 1.54) is 12.1 Å². The summed E-state index contributed by atoms with van der Waals surface area (Å²) in [4.78, 5) is 18.6. The number of aryl methyl sites for hydroxylation is 1. The first-order valence-electron chi connectivity index (χ1n) is 8.75. The van der Waals surface area contributed by atoms with Gasteiger partial charge >= 0.3 is 0 Å². The zero-order valence-electron chi connectivity index (χ0n) is 14.8. The SMILES string of the molecule is Cc1cccc(CC(=O)N2CCC[C@](O)(COc3cccc(F)c3)C2)n1. The van der Waals surface area contributed by atoms with Crippen molar-refractivity contribution in [2.45, 2.75) is 31.8 Å². The van der Waals surface area contributed by atoms with Crippen LogP contribution in [0.1, 0.15) is 24.2 Å². The van der Waals surface area contributed by atoms with Crippen LogP contribution in [0.2, 0.25) is 0 Å². The molecule has 1 aromatic carbocycles. The predicted molar refractivity (Wildman–Crippen MR) is 95.3 cm³/mol. The fourth-order valence-corrected chi connectivity index (χ4v) is 3.18. The van der Waals surface area contributed by atoms with Crippen molar-refractivity contribution in [1.82, 2.24) is 9.88 Å². The molecule has 2 aromatic rings. The number of carbonyl (C=O) groups excluding carboxylic acids is 1. The number of pyridine rings is 1. The number of benzene rings is 1. The molecule has 1 aliphatic rings. The molecular weight excluding hydrogens is 335 g/mol. The van der Waals surface area contributed by atoms with E-state index in [9.17, 15) is 14.3 Å². The smallest absolute Gasteiger partial charge is 0.228 e. The lowest BCUT2D eigenvalue weighted by Gasteiger charge is -2.39.